The lowest BCUT2D eigenvalue weighted by Crippen LogP contribution is -2.14. The topological polar surface area (TPSA) is 62.1 Å². The van der Waals surface area contributed by atoms with Crippen molar-refractivity contribution in [3.8, 4) is 11.8 Å². The number of aryl methyl sites for hydroxylation is 3. The van der Waals surface area contributed by atoms with E-state index >= 15 is 0 Å². The summed E-state index contributed by atoms with van der Waals surface area (Å²) in [4.78, 5) is 12.7. The number of nitrogens with one attached hydrogen (secondary N) is 1. The molecule has 156 valence electrons. The molecule has 0 saturated heterocycles. The van der Waals surface area contributed by atoms with Crippen LogP contribution in [0, 0.1) is 32.1 Å². The van der Waals surface area contributed by atoms with Crippen LogP contribution in [0.2, 0.25) is 5.02 Å². The van der Waals surface area contributed by atoms with Crippen molar-refractivity contribution in [1.29, 1.82) is 5.26 Å². The van der Waals surface area contributed by atoms with Gasteiger partial charge in [-0.2, -0.15) is 5.26 Å². The van der Waals surface area contributed by atoms with Crippen molar-refractivity contribution in [2.75, 3.05) is 5.32 Å². The Hall–Kier alpha value is -3.55. The Labute approximate surface area is 187 Å². The molecule has 0 aliphatic carbocycles. The van der Waals surface area contributed by atoms with Crippen molar-refractivity contribution in [3.63, 3.8) is 0 Å². The number of halogens is 1. The summed E-state index contributed by atoms with van der Waals surface area (Å²) < 4.78 is 5.95. The summed E-state index contributed by atoms with van der Waals surface area (Å²) in [6.07, 6.45) is 1.50. The standard InChI is InChI=1S/C26H23ClN2O2/c1-17-4-7-20(8-5-17)16-31-25-11-9-23(27)14-21(25)13-22(15-28)26(30)29-24-10-6-18(2)12-19(24)3/h4-14H,16H2,1-3H3,(H,29,30)/b22-13+. The quantitative estimate of drug-likeness (QED) is 0.364. The van der Waals surface area contributed by atoms with Crippen molar-refractivity contribution >= 4 is 29.3 Å². The van der Waals surface area contributed by atoms with Gasteiger partial charge in [-0.3, -0.25) is 4.79 Å². The van der Waals surface area contributed by atoms with Crippen molar-refractivity contribution < 1.29 is 9.53 Å². The number of anilines is 1. The van der Waals surface area contributed by atoms with Crippen molar-refractivity contribution in [3.05, 3.63) is 99.1 Å². The summed E-state index contributed by atoms with van der Waals surface area (Å²) in [6, 6.07) is 20.8. The third-order valence-electron chi connectivity index (χ3n) is 4.78. The molecule has 5 heteroatoms. The number of rotatable bonds is 6. The summed E-state index contributed by atoms with van der Waals surface area (Å²) in [7, 11) is 0. The Balaban J connectivity index is 1.83. The first-order chi connectivity index (χ1) is 14.9. The molecule has 0 radical (unpaired) electrons. The number of carbonyl (C=O) groups excluding carboxylic acids is 1. The predicted molar refractivity (Wildman–Crippen MR) is 125 cm³/mol. The molecule has 1 N–H and O–H groups in total. The summed E-state index contributed by atoms with van der Waals surface area (Å²) >= 11 is 6.15. The number of carbonyl (C=O) groups is 1. The Kier molecular flexibility index (Phi) is 7.12. The number of hydrogen-bond donors (Lipinski definition) is 1. The fraction of sp³-hybridized carbons (Fsp3) is 0.154. The maximum absolute atomic E-state index is 12.7. The molecular weight excluding hydrogens is 408 g/mol. The van der Waals surface area contributed by atoms with Gasteiger partial charge >= 0.3 is 0 Å². The van der Waals surface area contributed by atoms with E-state index in [0.29, 0.717) is 28.6 Å². The Bertz CT molecular complexity index is 1180. The second-order valence-electron chi connectivity index (χ2n) is 7.40. The highest BCUT2D eigenvalue weighted by atomic mass is 35.5. The fourth-order valence-corrected chi connectivity index (χ4v) is 3.24. The molecule has 4 nitrogen and oxygen atoms in total. The minimum Gasteiger partial charge on any atom is -0.488 e. The van der Waals surface area contributed by atoms with Crippen LogP contribution in [0.25, 0.3) is 6.08 Å². The molecule has 3 aromatic carbocycles. The molecule has 3 rings (SSSR count). The lowest BCUT2D eigenvalue weighted by atomic mass is 10.1. The van der Waals surface area contributed by atoms with E-state index in [1.807, 2.05) is 69.3 Å². The van der Waals surface area contributed by atoms with Gasteiger partial charge in [0.2, 0.25) is 0 Å². The molecule has 0 heterocycles. The number of benzene rings is 3. The van der Waals surface area contributed by atoms with Gasteiger partial charge in [-0.1, -0.05) is 59.1 Å². The third-order valence-corrected chi connectivity index (χ3v) is 5.02. The average molecular weight is 431 g/mol. The highest BCUT2D eigenvalue weighted by molar-refractivity contribution is 6.30. The molecule has 0 aromatic heterocycles. The summed E-state index contributed by atoms with van der Waals surface area (Å²) in [5.41, 5.74) is 5.40. The van der Waals surface area contributed by atoms with Gasteiger partial charge < -0.3 is 10.1 Å². The van der Waals surface area contributed by atoms with E-state index in [9.17, 15) is 10.1 Å². The van der Waals surface area contributed by atoms with Crippen LogP contribution in [0.5, 0.6) is 5.75 Å². The number of amides is 1. The molecule has 1 amide bonds. The zero-order valence-corrected chi connectivity index (χ0v) is 18.5. The molecule has 0 aliphatic rings. The lowest BCUT2D eigenvalue weighted by molar-refractivity contribution is -0.112. The molecule has 31 heavy (non-hydrogen) atoms. The molecule has 0 bridgehead atoms. The molecule has 0 aliphatic heterocycles. The predicted octanol–water partition coefficient (Wildman–Crippen LogP) is 6.39. The number of hydrogen-bond acceptors (Lipinski definition) is 3. The van der Waals surface area contributed by atoms with Gasteiger partial charge in [-0.05, 0) is 62.2 Å². The smallest absolute Gasteiger partial charge is 0.266 e. The van der Waals surface area contributed by atoms with Crippen LogP contribution in [0.1, 0.15) is 27.8 Å². The second-order valence-corrected chi connectivity index (χ2v) is 7.84. The summed E-state index contributed by atoms with van der Waals surface area (Å²) in [6.45, 7) is 6.28. The molecule has 0 saturated carbocycles. The van der Waals surface area contributed by atoms with E-state index < -0.39 is 5.91 Å². The van der Waals surface area contributed by atoms with Crippen molar-refractivity contribution in [1.82, 2.24) is 0 Å². The Morgan fingerprint density at radius 1 is 1.03 bits per heavy atom. The minimum absolute atomic E-state index is 0.0394. The molecule has 0 atom stereocenters. The van der Waals surface area contributed by atoms with Gasteiger partial charge in [0.1, 0.15) is 24.0 Å². The normalized spacial score (nSPS) is 11.0. The largest absolute Gasteiger partial charge is 0.488 e. The van der Waals surface area contributed by atoms with Crippen LogP contribution < -0.4 is 10.1 Å². The van der Waals surface area contributed by atoms with E-state index in [1.54, 1.807) is 18.2 Å². The first-order valence-electron chi connectivity index (χ1n) is 9.84. The number of nitriles is 1. The van der Waals surface area contributed by atoms with E-state index in [4.69, 9.17) is 16.3 Å². The van der Waals surface area contributed by atoms with Gasteiger partial charge in [0.25, 0.3) is 5.91 Å². The second kappa shape index (κ2) is 9.97. The van der Waals surface area contributed by atoms with Crippen molar-refractivity contribution in [2.24, 2.45) is 0 Å². The molecular formula is C26H23ClN2O2. The van der Waals surface area contributed by atoms with Crippen LogP contribution in [-0.4, -0.2) is 5.91 Å². The molecule has 0 unspecified atom stereocenters. The van der Waals surface area contributed by atoms with Crippen LogP contribution in [0.15, 0.2) is 66.2 Å². The zero-order chi connectivity index (χ0) is 22.4. The van der Waals surface area contributed by atoms with E-state index in [2.05, 4.69) is 5.32 Å². The maximum atomic E-state index is 12.7. The number of ether oxygens (including phenoxy) is 1. The summed E-state index contributed by atoms with van der Waals surface area (Å²) in [5, 5.41) is 12.9. The Morgan fingerprint density at radius 3 is 2.42 bits per heavy atom. The highest BCUT2D eigenvalue weighted by Gasteiger charge is 2.13. The van der Waals surface area contributed by atoms with E-state index in [1.165, 1.54) is 11.6 Å². The first-order valence-corrected chi connectivity index (χ1v) is 10.2. The zero-order valence-electron chi connectivity index (χ0n) is 17.7. The van der Waals surface area contributed by atoms with E-state index in [0.717, 1.165) is 16.7 Å². The molecule has 0 spiro atoms. The first kappa shape index (κ1) is 22.1. The average Bonchev–Trinajstić information content (AvgIpc) is 2.74. The van der Waals surface area contributed by atoms with Crippen LogP contribution in [-0.2, 0) is 11.4 Å². The fourth-order valence-electron chi connectivity index (χ4n) is 3.06. The van der Waals surface area contributed by atoms with Gasteiger partial charge in [-0.15, -0.1) is 0 Å². The van der Waals surface area contributed by atoms with Gasteiger partial charge in [0, 0.05) is 16.3 Å². The lowest BCUT2D eigenvalue weighted by Gasteiger charge is -2.11. The SMILES string of the molecule is Cc1ccc(COc2ccc(Cl)cc2/C=C(\C#N)C(=O)Nc2ccc(C)cc2C)cc1. The maximum Gasteiger partial charge on any atom is 0.266 e. The Morgan fingerprint density at radius 2 is 1.74 bits per heavy atom. The van der Waals surface area contributed by atoms with Crippen LogP contribution >= 0.6 is 11.6 Å². The van der Waals surface area contributed by atoms with E-state index in [-0.39, 0.29) is 5.57 Å². The van der Waals surface area contributed by atoms with Gasteiger partial charge in [0.15, 0.2) is 0 Å². The molecule has 0 fully saturated rings. The monoisotopic (exact) mass is 430 g/mol. The third kappa shape index (κ3) is 5.97. The molecule has 3 aromatic rings. The van der Waals surface area contributed by atoms with Crippen molar-refractivity contribution in [2.45, 2.75) is 27.4 Å². The highest BCUT2D eigenvalue weighted by Crippen LogP contribution is 2.27. The minimum atomic E-state index is -0.487. The summed E-state index contributed by atoms with van der Waals surface area (Å²) in [5.74, 6) is 0.0518. The van der Waals surface area contributed by atoms with Crippen LogP contribution in [0.3, 0.4) is 0 Å². The van der Waals surface area contributed by atoms with Gasteiger partial charge in [0.05, 0.1) is 0 Å². The van der Waals surface area contributed by atoms with Gasteiger partial charge in [-0.25, -0.2) is 0 Å². The number of nitrogens with zero attached hydrogens (tertiary/aromatic N) is 1. The van der Waals surface area contributed by atoms with Crippen LogP contribution in [0.4, 0.5) is 5.69 Å².